The Kier molecular flexibility index (Phi) is 6.37. The molecule has 2 aromatic carbocycles. The Labute approximate surface area is 168 Å². The molecule has 140 valence electrons. The highest BCUT2D eigenvalue weighted by molar-refractivity contribution is 6.30. The molecular formula is C20H20Cl2N4O. The van der Waals surface area contributed by atoms with Crippen molar-refractivity contribution in [2.45, 2.75) is 12.5 Å². The lowest BCUT2D eigenvalue weighted by molar-refractivity contribution is 0.238. The van der Waals surface area contributed by atoms with Gasteiger partial charge in [0, 0.05) is 36.0 Å². The number of benzene rings is 2. The number of carbonyl (C=O) groups excluding carboxylic acids is 1. The highest BCUT2D eigenvalue weighted by atomic mass is 35.5. The van der Waals surface area contributed by atoms with Gasteiger partial charge in [0.2, 0.25) is 0 Å². The minimum Gasteiger partial charge on any atom is -0.338 e. The average Bonchev–Trinajstić information content (AvgIpc) is 3.08. The number of halogens is 2. The van der Waals surface area contributed by atoms with Crippen LogP contribution in [0.15, 0.2) is 60.9 Å². The molecule has 3 rings (SSSR count). The van der Waals surface area contributed by atoms with Gasteiger partial charge >= 0.3 is 6.03 Å². The van der Waals surface area contributed by atoms with Crippen LogP contribution in [0.3, 0.4) is 0 Å². The van der Waals surface area contributed by atoms with Crippen molar-refractivity contribution in [2.75, 3.05) is 6.54 Å². The van der Waals surface area contributed by atoms with E-state index in [4.69, 9.17) is 23.2 Å². The van der Waals surface area contributed by atoms with E-state index in [0.29, 0.717) is 16.6 Å². The van der Waals surface area contributed by atoms with E-state index in [-0.39, 0.29) is 12.1 Å². The van der Waals surface area contributed by atoms with Crippen LogP contribution in [0.25, 0.3) is 0 Å². The van der Waals surface area contributed by atoms with Gasteiger partial charge in [-0.1, -0.05) is 47.5 Å². The maximum absolute atomic E-state index is 12.4. The molecule has 0 bridgehead atoms. The maximum atomic E-state index is 12.4. The SMILES string of the molecule is Cn1ccnc1[C@@H](NC(=O)NCCc1ccc(Cl)cc1)c1ccc(Cl)cc1. The quantitative estimate of drug-likeness (QED) is 0.643. The van der Waals surface area contributed by atoms with Crippen molar-refractivity contribution in [1.29, 1.82) is 0 Å². The van der Waals surface area contributed by atoms with Crippen LogP contribution in [-0.2, 0) is 13.5 Å². The molecule has 7 heteroatoms. The molecular weight excluding hydrogens is 383 g/mol. The van der Waals surface area contributed by atoms with Crippen LogP contribution >= 0.6 is 23.2 Å². The largest absolute Gasteiger partial charge is 0.338 e. The Balaban J connectivity index is 1.64. The molecule has 0 radical (unpaired) electrons. The molecule has 1 atom stereocenters. The zero-order valence-corrected chi connectivity index (χ0v) is 16.3. The van der Waals surface area contributed by atoms with E-state index in [9.17, 15) is 4.79 Å². The molecule has 0 aliphatic rings. The van der Waals surface area contributed by atoms with Crippen LogP contribution in [0.5, 0.6) is 0 Å². The van der Waals surface area contributed by atoms with E-state index in [1.54, 1.807) is 18.3 Å². The number of carbonyl (C=O) groups is 1. The summed E-state index contributed by atoms with van der Waals surface area (Å²) >= 11 is 11.9. The Morgan fingerprint density at radius 2 is 1.70 bits per heavy atom. The molecule has 3 aromatic rings. The summed E-state index contributed by atoms with van der Waals surface area (Å²) in [7, 11) is 1.89. The van der Waals surface area contributed by atoms with Crippen molar-refractivity contribution in [3.05, 3.63) is 87.9 Å². The Hall–Kier alpha value is -2.50. The number of amides is 2. The Morgan fingerprint density at radius 1 is 1.07 bits per heavy atom. The fraction of sp³-hybridized carbons (Fsp3) is 0.200. The lowest BCUT2D eigenvalue weighted by atomic mass is 10.1. The Bertz CT molecular complexity index is 891. The summed E-state index contributed by atoms with van der Waals surface area (Å²) < 4.78 is 1.88. The zero-order chi connectivity index (χ0) is 19.2. The first kappa shape index (κ1) is 19.3. The van der Waals surface area contributed by atoms with Gasteiger partial charge in [0.1, 0.15) is 11.9 Å². The smallest absolute Gasteiger partial charge is 0.315 e. The fourth-order valence-corrected chi connectivity index (χ4v) is 3.01. The lowest BCUT2D eigenvalue weighted by Gasteiger charge is -2.19. The number of nitrogens with zero attached hydrogens (tertiary/aromatic N) is 2. The third kappa shape index (κ3) is 5.25. The van der Waals surface area contributed by atoms with Crippen LogP contribution in [0.2, 0.25) is 10.0 Å². The average molecular weight is 403 g/mol. The number of imidazole rings is 1. The van der Waals surface area contributed by atoms with E-state index in [1.807, 2.05) is 54.2 Å². The number of aryl methyl sites for hydroxylation is 1. The van der Waals surface area contributed by atoms with Crippen molar-refractivity contribution in [3.63, 3.8) is 0 Å². The van der Waals surface area contributed by atoms with E-state index in [0.717, 1.165) is 23.4 Å². The molecule has 0 saturated carbocycles. The Morgan fingerprint density at radius 3 is 2.30 bits per heavy atom. The molecule has 0 aliphatic heterocycles. The second-order valence-electron chi connectivity index (χ2n) is 6.16. The van der Waals surface area contributed by atoms with E-state index in [2.05, 4.69) is 15.6 Å². The molecule has 2 amide bonds. The minimum absolute atomic E-state index is 0.257. The number of nitrogens with one attached hydrogen (secondary N) is 2. The van der Waals surface area contributed by atoms with Gasteiger partial charge in [0.25, 0.3) is 0 Å². The van der Waals surface area contributed by atoms with Gasteiger partial charge in [-0.05, 0) is 41.8 Å². The van der Waals surface area contributed by atoms with E-state index >= 15 is 0 Å². The second kappa shape index (κ2) is 8.93. The molecule has 1 aromatic heterocycles. The molecule has 5 nitrogen and oxygen atoms in total. The number of hydrogen-bond acceptors (Lipinski definition) is 2. The van der Waals surface area contributed by atoms with Crippen molar-refractivity contribution >= 4 is 29.2 Å². The van der Waals surface area contributed by atoms with Gasteiger partial charge in [-0.25, -0.2) is 9.78 Å². The predicted molar refractivity (Wildman–Crippen MR) is 108 cm³/mol. The maximum Gasteiger partial charge on any atom is 0.315 e. The molecule has 2 N–H and O–H groups in total. The van der Waals surface area contributed by atoms with E-state index < -0.39 is 0 Å². The zero-order valence-electron chi connectivity index (χ0n) is 14.8. The van der Waals surface area contributed by atoms with Crippen molar-refractivity contribution in [2.24, 2.45) is 7.05 Å². The number of rotatable bonds is 6. The summed E-state index contributed by atoms with van der Waals surface area (Å²) in [4.78, 5) is 16.8. The molecule has 0 fully saturated rings. The third-order valence-corrected chi connectivity index (χ3v) is 4.71. The van der Waals surface area contributed by atoms with Crippen LogP contribution < -0.4 is 10.6 Å². The van der Waals surface area contributed by atoms with Crippen LogP contribution in [-0.4, -0.2) is 22.1 Å². The van der Waals surface area contributed by atoms with Gasteiger partial charge in [-0.2, -0.15) is 0 Å². The summed E-state index contributed by atoms with van der Waals surface area (Å²) in [5.74, 6) is 0.741. The number of aromatic nitrogens is 2. The summed E-state index contributed by atoms with van der Waals surface area (Å²) in [6.07, 6.45) is 4.27. The second-order valence-corrected chi connectivity index (χ2v) is 7.03. The molecule has 0 saturated heterocycles. The van der Waals surface area contributed by atoms with Crippen molar-refractivity contribution < 1.29 is 4.79 Å². The van der Waals surface area contributed by atoms with Gasteiger partial charge in [0.05, 0.1) is 0 Å². The predicted octanol–water partition coefficient (Wildman–Crippen LogP) is 4.36. The van der Waals surface area contributed by atoms with Gasteiger partial charge in [-0.3, -0.25) is 0 Å². The summed E-state index contributed by atoms with van der Waals surface area (Å²) in [6, 6.07) is 14.3. The van der Waals surface area contributed by atoms with E-state index in [1.165, 1.54) is 0 Å². The standard InChI is InChI=1S/C20H20Cl2N4O/c1-26-13-12-23-19(26)18(15-4-8-17(22)9-5-15)25-20(27)24-11-10-14-2-6-16(21)7-3-14/h2-9,12-13,18H,10-11H2,1H3,(H2,24,25,27)/t18-/m0/s1. The molecule has 0 unspecified atom stereocenters. The van der Waals surface area contributed by atoms with Crippen LogP contribution in [0.4, 0.5) is 4.79 Å². The van der Waals surface area contributed by atoms with Gasteiger partial charge in [-0.15, -0.1) is 0 Å². The van der Waals surface area contributed by atoms with Gasteiger partial charge < -0.3 is 15.2 Å². The third-order valence-electron chi connectivity index (χ3n) is 4.21. The highest BCUT2D eigenvalue weighted by Gasteiger charge is 2.20. The highest BCUT2D eigenvalue weighted by Crippen LogP contribution is 2.22. The van der Waals surface area contributed by atoms with Crippen LogP contribution in [0.1, 0.15) is 23.0 Å². The summed E-state index contributed by atoms with van der Waals surface area (Å²) in [5.41, 5.74) is 2.01. The number of hydrogen-bond donors (Lipinski definition) is 2. The lowest BCUT2D eigenvalue weighted by Crippen LogP contribution is -2.40. The van der Waals surface area contributed by atoms with Crippen molar-refractivity contribution in [1.82, 2.24) is 20.2 Å². The van der Waals surface area contributed by atoms with Crippen LogP contribution in [0, 0.1) is 0 Å². The molecule has 0 spiro atoms. The molecule has 0 aliphatic carbocycles. The topological polar surface area (TPSA) is 59.0 Å². The monoisotopic (exact) mass is 402 g/mol. The first-order valence-electron chi connectivity index (χ1n) is 8.54. The summed E-state index contributed by atoms with van der Waals surface area (Å²) in [6.45, 7) is 0.515. The normalized spacial score (nSPS) is 11.8. The van der Waals surface area contributed by atoms with Gasteiger partial charge in [0.15, 0.2) is 0 Å². The summed E-state index contributed by atoms with van der Waals surface area (Å²) in [5, 5.41) is 7.23. The first-order chi connectivity index (χ1) is 13.0. The number of urea groups is 1. The fourth-order valence-electron chi connectivity index (χ4n) is 2.76. The molecule has 27 heavy (non-hydrogen) atoms. The first-order valence-corrected chi connectivity index (χ1v) is 9.30. The van der Waals surface area contributed by atoms with Crippen molar-refractivity contribution in [3.8, 4) is 0 Å². The molecule has 1 heterocycles. The minimum atomic E-state index is -0.377.